The van der Waals surface area contributed by atoms with Gasteiger partial charge in [-0.15, -0.1) is 0 Å². The molecule has 2 heteroatoms. The molecule has 0 saturated carbocycles. The van der Waals surface area contributed by atoms with Crippen molar-refractivity contribution in [3.8, 4) is 12.0 Å². The topological polar surface area (TPSA) is 12.0 Å². The molecule has 1 unspecified atom stereocenters. The Labute approximate surface area is 73.7 Å². The molecule has 0 spiro atoms. The second kappa shape index (κ2) is 2.31. The molecule has 0 saturated heterocycles. The molecule has 2 aliphatic rings. The summed E-state index contributed by atoms with van der Waals surface area (Å²) < 4.78 is 1.28. The van der Waals surface area contributed by atoms with Crippen molar-refractivity contribution < 1.29 is 0 Å². The summed E-state index contributed by atoms with van der Waals surface area (Å²) >= 11 is 2.32. The average Bonchev–Trinajstić information content (AvgIpc) is 2.36. The smallest absolute Gasteiger partial charge is 0.0714 e. The molecule has 1 aliphatic carbocycles. The molecular formula is C8H6IN. The lowest BCUT2D eigenvalue weighted by molar-refractivity contribution is 0.717. The fourth-order valence-corrected chi connectivity index (χ4v) is 1.92. The first-order chi connectivity index (χ1) is 4.88. The molecule has 1 N–H and O–H groups in total. The summed E-state index contributed by atoms with van der Waals surface area (Å²) in [4.78, 5) is 0. The van der Waals surface area contributed by atoms with E-state index in [2.05, 4.69) is 52.0 Å². The van der Waals surface area contributed by atoms with E-state index in [9.17, 15) is 0 Å². The van der Waals surface area contributed by atoms with E-state index >= 15 is 0 Å². The number of nitrogens with one attached hydrogen (secondary N) is 1. The van der Waals surface area contributed by atoms with E-state index in [1.807, 2.05) is 0 Å². The largest absolute Gasteiger partial charge is 0.337 e. The van der Waals surface area contributed by atoms with Crippen molar-refractivity contribution in [3.63, 3.8) is 0 Å². The van der Waals surface area contributed by atoms with Crippen LogP contribution in [0.15, 0.2) is 21.3 Å². The third-order valence-electron chi connectivity index (χ3n) is 1.69. The zero-order valence-corrected chi connectivity index (χ0v) is 7.47. The second-order valence-electron chi connectivity index (χ2n) is 2.35. The summed E-state index contributed by atoms with van der Waals surface area (Å²) in [6.45, 7) is 0. The van der Waals surface area contributed by atoms with Crippen LogP contribution in [-0.4, -0.2) is 6.04 Å². The molecule has 0 aromatic rings. The maximum atomic E-state index is 3.11. The molecule has 1 atom stereocenters. The molecule has 10 heavy (non-hydrogen) atoms. The fourth-order valence-electron chi connectivity index (χ4n) is 1.15. The number of hydrogen-bond donors (Lipinski definition) is 1. The van der Waals surface area contributed by atoms with Gasteiger partial charge in [-0.3, -0.25) is 0 Å². The monoisotopic (exact) mass is 243 g/mol. The lowest BCUT2D eigenvalue weighted by Crippen LogP contribution is -2.23. The van der Waals surface area contributed by atoms with Crippen LogP contribution in [0, 0.1) is 12.0 Å². The summed E-state index contributed by atoms with van der Waals surface area (Å²) in [6.07, 6.45) is 5.38. The van der Waals surface area contributed by atoms with Crippen molar-refractivity contribution >= 4 is 22.6 Å². The van der Waals surface area contributed by atoms with Crippen molar-refractivity contribution in [2.45, 2.75) is 12.5 Å². The Kier molecular flexibility index (Phi) is 1.46. The van der Waals surface area contributed by atoms with E-state index < -0.39 is 0 Å². The van der Waals surface area contributed by atoms with Crippen LogP contribution < -0.4 is 5.32 Å². The number of halogens is 1. The van der Waals surface area contributed by atoms with Gasteiger partial charge in [-0.25, -0.2) is 0 Å². The second-order valence-corrected chi connectivity index (χ2v) is 3.51. The summed E-state index contributed by atoms with van der Waals surface area (Å²) in [7, 11) is 0. The minimum absolute atomic E-state index is 0.455. The van der Waals surface area contributed by atoms with Gasteiger partial charge in [0.15, 0.2) is 0 Å². The minimum Gasteiger partial charge on any atom is -0.337 e. The number of rotatable bonds is 0. The van der Waals surface area contributed by atoms with Crippen LogP contribution >= 0.6 is 22.6 Å². The van der Waals surface area contributed by atoms with Gasteiger partial charge in [0.2, 0.25) is 0 Å². The lowest BCUT2D eigenvalue weighted by Gasteiger charge is -2.13. The molecule has 0 aromatic heterocycles. The van der Waals surface area contributed by atoms with Gasteiger partial charge >= 0.3 is 0 Å². The third-order valence-corrected chi connectivity index (χ3v) is 2.63. The molecule has 1 aliphatic heterocycles. The van der Waals surface area contributed by atoms with Gasteiger partial charge in [0.25, 0.3) is 0 Å². The molecule has 1 nitrogen and oxygen atoms in total. The van der Waals surface area contributed by atoms with Crippen molar-refractivity contribution in [1.29, 1.82) is 0 Å². The Bertz CT molecular complexity index is 277. The third kappa shape index (κ3) is 0.853. The first-order valence-corrected chi connectivity index (χ1v) is 4.28. The van der Waals surface area contributed by atoms with Crippen molar-refractivity contribution in [1.82, 2.24) is 5.32 Å². The molecule has 50 valence electrons. The van der Waals surface area contributed by atoms with Crippen LogP contribution in [0.4, 0.5) is 0 Å². The predicted molar refractivity (Wildman–Crippen MR) is 49.5 cm³/mol. The Morgan fingerprint density at radius 2 is 2.60 bits per heavy atom. The Hall–Kier alpha value is -0.430. The van der Waals surface area contributed by atoms with E-state index in [1.54, 1.807) is 0 Å². The quantitative estimate of drug-likeness (QED) is 0.503. The highest BCUT2D eigenvalue weighted by Gasteiger charge is 2.18. The Morgan fingerprint density at radius 1 is 1.70 bits per heavy atom. The standard InChI is InChI=1S/C8H6IN/c9-7-2-1-3-8-6(7)4-5-10-8/h1-2,8,10H,3H2. The number of hydrogen-bond acceptors (Lipinski definition) is 1. The number of fused-ring (bicyclic) bond motifs is 1. The van der Waals surface area contributed by atoms with Gasteiger partial charge in [0.1, 0.15) is 0 Å². The SMILES string of the molecule is IC1=C2C#CNC2CC=C1. The average molecular weight is 243 g/mol. The maximum Gasteiger partial charge on any atom is 0.0714 e. The number of allylic oxidation sites excluding steroid dienone is 2. The normalized spacial score (nSPS) is 27.1. The minimum atomic E-state index is 0.455. The maximum absolute atomic E-state index is 3.11. The van der Waals surface area contributed by atoms with Gasteiger partial charge in [0, 0.05) is 15.2 Å². The predicted octanol–water partition coefficient (Wildman–Crippen LogP) is 1.57. The summed E-state index contributed by atoms with van der Waals surface area (Å²) in [5.41, 5.74) is 1.27. The van der Waals surface area contributed by atoms with Gasteiger partial charge in [0.05, 0.1) is 6.04 Å². The summed E-state index contributed by atoms with van der Waals surface area (Å²) in [5, 5.41) is 3.11. The summed E-state index contributed by atoms with van der Waals surface area (Å²) in [5.74, 6) is 3.07. The van der Waals surface area contributed by atoms with E-state index in [0.29, 0.717) is 6.04 Å². The van der Waals surface area contributed by atoms with Crippen molar-refractivity contribution in [2.24, 2.45) is 0 Å². The first-order valence-electron chi connectivity index (χ1n) is 3.20. The van der Waals surface area contributed by atoms with Crippen molar-refractivity contribution in [3.05, 3.63) is 21.3 Å². The molecule has 0 fully saturated rings. The molecule has 0 radical (unpaired) electrons. The van der Waals surface area contributed by atoms with Gasteiger partial charge in [-0.1, -0.05) is 12.2 Å². The highest BCUT2D eigenvalue weighted by Crippen LogP contribution is 2.25. The molecule has 0 amide bonds. The highest BCUT2D eigenvalue weighted by atomic mass is 127. The van der Waals surface area contributed by atoms with E-state index in [1.165, 1.54) is 9.15 Å². The van der Waals surface area contributed by atoms with Crippen LogP contribution in [0.1, 0.15) is 6.42 Å². The van der Waals surface area contributed by atoms with Crippen LogP contribution in [0.2, 0.25) is 0 Å². The van der Waals surface area contributed by atoms with Crippen LogP contribution in [-0.2, 0) is 0 Å². The molecule has 1 heterocycles. The van der Waals surface area contributed by atoms with Gasteiger partial charge in [-0.05, 0) is 34.9 Å². The molecule has 0 bridgehead atoms. The van der Waals surface area contributed by atoms with E-state index in [-0.39, 0.29) is 0 Å². The molecule has 2 rings (SSSR count). The Balaban J connectivity index is 2.44. The lowest BCUT2D eigenvalue weighted by atomic mass is 10.0. The van der Waals surface area contributed by atoms with Crippen molar-refractivity contribution in [2.75, 3.05) is 0 Å². The zero-order chi connectivity index (χ0) is 6.97. The van der Waals surface area contributed by atoms with Crippen LogP contribution in [0.25, 0.3) is 0 Å². The van der Waals surface area contributed by atoms with Gasteiger partial charge in [-0.2, -0.15) is 0 Å². The first kappa shape index (κ1) is 6.29. The van der Waals surface area contributed by atoms with Crippen LogP contribution in [0.5, 0.6) is 0 Å². The molecule has 0 aromatic carbocycles. The fraction of sp³-hybridized carbons (Fsp3) is 0.250. The van der Waals surface area contributed by atoms with Gasteiger partial charge < -0.3 is 5.32 Å². The van der Waals surface area contributed by atoms with Crippen LogP contribution in [0.3, 0.4) is 0 Å². The Morgan fingerprint density at radius 3 is 3.40 bits per heavy atom. The van der Waals surface area contributed by atoms with E-state index in [4.69, 9.17) is 0 Å². The summed E-state index contributed by atoms with van der Waals surface area (Å²) in [6, 6.07) is 3.35. The highest BCUT2D eigenvalue weighted by molar-refractivity contribution is 14.1. The zero-order valence-electron chi connectivity index (χ0n) is 5.32. The molecular weight excluding hydrogens is 237 g/mol. The van der Waals surface area contributed by atoms with E-state index in [0.717, 1.165) is 6.42 Å².